The van der Waals surface area contributed by atoms with Crippen LogP contribution in [0.1, 0.15) is 17.2 Å². The van der Waals surface area contributed by atoms with E-state index in [9.17, 15) is 4.79 Å². The first-order chi connectivity index (χ1) is 9.29. The lowest BCUT2D eigenvalue weighted by atomic mass is 9.99. The number of benzene rings is 2. The summed E-state index contributed by atoms with van der Waals surface area (Å²) in [5.41, 5.74) is 2.18. The normalized spacial score (nSPS) is 11.8. The highest BCUT2D eigenvalue weighted by atomic mass is 16.3. The Labute approximate surface area is 112 Å². The van der Waals surface area contributed by atoms with Crippen molar-refractivity contribution >= 4 is 5.91 Å². The summed E-state index contributed by atoms with van der Waals surface area (Å²) < 4.78 is 0. The van der Waals surface area contributed by atoms with E-state index in [2.05, 4.69) is 5.32 Å². The topological polar surface area (TPSA) is 49.3 Å². The molecule has 0 aliphatic rings. The van der Waals surface area contributed by atoms with E-state index in [4.69, 9.17) is 5.11 Å². The van der Waals surface area contributed by atoms with Gasteiger partial charge in [0.2, 0.25) is 5.91 Å². The third-order valence-corrected chi connectivity index (χ3v) is 2.96. The Hall–Kier alpha value is -2.13. The Morgan fingerprint density at radius 1 is 1.00 bits per heavy atom. The maximum atomic E-state index is 11.4. The summed E-state index contributed by atoms with van der Waals surface area (Å²) in [5, 5.41) is 11.7. The van der Waals surface area contributed by atoms with Crippen molar-refractivity contribution in [2.75, 3.05) is 6.61 Å². The predicted molar refractivity (Wildman–Crippen MR) is 74.6 cm³/mol. The van der Waals surface area contributed by atoms with Crippen LogP contribution < -0.4 is 5.32 Å². The van der Waals surface area contributed by atoms with Gasteiger partial charge in [0, 0.05) is 0 Å². The molecule has 0 aliphatic carbocycles. The molecule has 0 spiro atoms. The van der Waals surface area contributed by atoms with E-state index in [1.165, 1.54) is 0 Å². The fourth-order valence-corrected chi connectivity index (χ4v) is 2.03. The Balaban J connectivity index is 2.17. The highest BCUT2D eigenvalue weighted by Gasteiger charge is 2.14. The smallest absolute Gasteiger partial charge is 0.246 e. The van der Waals surface area contributed by atoms with Crippen LogP contribution in [0.3, 0.4) is 0 Å². The molecule has 0 aromatic heterocycles. The second kappa shape index (κ2) is 6.71. The first-order valence-electron chi connectivity index (χ1n) is 6.28. The molecule has 2 N–H and O–H groups in total. The molecule has 1 atom stereocenters. The van der Waals surface area contributed by atoms with Gasteiger partial charge >= 0.3 is 0 Å². The van der Waals surface area contributed by atoms with E-state index in [0.29, 0.717) is 6.42 Å². The second-order valence-electron chi connectivity index (χ2n) is 4.38. The monoisotopic (exact) mass is 255 g/mol. The van der Waals surface area contributed by atoms with Crippen molar-refractivity contribution in [2.45, 2.75) is 12.5 Å². The number of rotatable bonds is 5. The van der Waals surface area contributed by atoms with Crippen molar-refractivity contribution in [3.05, 3.63) is 71.8 Å². The number of nitrogens with one attached hydrogen (secondary N) is 1. The zero-order valence-corrected chi connectivity index (χ0v) is 10.6. The van der Waals surface area contributed by atoms with Crippen LogP contribution in [0.5, 0.6) is 0 Å². The van der Waals surface area contributed by atoms with Crippen molar-refractivity contribution in [2.24, 2.45) is 0 Å². The molecule has 1 unspecified atom stereocenters. The molecule has 0 fully saturated rings. The summed E-state index contributed by atoms with van der Waals surface area (Å²) in [5.74, 6) is -0.357. The minimum atomic E-state index is -0.488. The number of hydrogen-bond acceptors (Lipinski definition) is 2. The third kappa shape index (κ3) is 3.93. The number of aliphatic hydroxyl groups excluding tert-OH is 1. The lowest BCUT2D eigenvalue weighted by Crippen LogP contribution is -2.32. The Morgan fingerprint density at radius 3 is 2.16 bits per heavy atom. The van der Waals surface area contributed by atoms with Gasteiger partial charge in [0.25, 0.3) is 0 Å². The number of amides is 1. The van der Waals surface area contributed by atoms with Gasteiger partial charge < -0.3 is 10.4 Å². The maximum absolute atomic E-state index is 11.4. The zero-order chi connectivity index (χ0) is 13.5. The SMILES string of the molecule is O=C(CO)NC(Cc1ccccc1)c1ccccc1. The van der Waals surface area contributed by atoms with E-state index in [0.717, 1.165) is 11.1 Å². The number of hydrogen-bond donors (Lipinski definition) is 2. The van der Waals surface area contributed by atoms with Gasteiger partial charge in [-0.3, -0.25) is 4.79 Å². The summed E-state index contributed by atoms with van der Waals surface area (Å²) in [4.78, 5) is 11.4. The van der Waals surface area contributed by atoms with Crippen LogP contribution in [-0.4, -0.2) is 17.6 Å². The molecule has 19 heavy (non-hydrogen) atoms. The highest BCUT2D eigenvalue weighted by molar-refractivity contribution is 5.77. The van der Waals surface area contributed by atoms with Gasteiger partial charge in [-0.25, -0.2) is 0 Å². The van der Waals surface area contributed by atoms with Crippen molar-refractivity contribution in [3.8, 4) is 0 Å². The molecule has 0 bridgehead atoms. The molecule has 2 aromatic rings. The molecule has 0 saturated heterocycles. The number of carbonyl (C=O) groups is 1. The molecule has 98 valence electrons. The predicted octanol–water partition coefficient (Wildman–Crippen LogP) is 2.08. The van der Waals surface area contributed by atoms with Crippen molar-refractivity contribution in [1.82, 2.24) is 5.32 Å². The molecule has 2 rings (SSSR count). The van der Waals surface area contributed by atoms with Crippen LogP contribution in [0.15, 0.2) is 60.7 Å². The average Bonchev–Trinajstić information content (AvgIpc) is 2.48. The van der Waals surface area contributed by atoms with E-state index >= 15 is 0 Å². The van der Waals surface area contributed by atoms with E-state index in [-0.39, 0.29) is 11.9 Å². The molecule has 3 nitrogen and oxygen atoms in total. The Kier molecular flexibility index (Phi) is 4.70. The fourth-order valence-electron chi connectivity index (χ4n) is 2.03. The second-order valence-corrected chi connectivity index (χ2v) is 4.38. The van der Waals surface area contributed by atoms with Crippen LogP contribution in [0.2, 0.25) is 0 Å². The maximum Gasteiger partial charge on any atom is 0.246 e. The third-order valence-electron chi connectivity index (χ3n) is 2.96. The number of carbonyl (C=O) groups excluding carboxylic acids is 1. The highest BCUT2D eigenvalue weighted by Crippen LogP contribution is 2.18. The average molecular weight is 255 g/mol. The summed E-state index contributed by atoms with van der Waals surface area (Å²) in [6.45, 7) is -0.488. The molecule has 0 radical (unpaired) electrons. The van der Waals surface area contributed by atoms with Crippen molar-refractivity contribution in [3.63, 3.8) is 0 Å². The summed E-state index contributed by atoms with van der Waals surface area (Å²) in [6, 6.07) is 19.6. The Morgan fingerprint density at radius 2 is 1.58 bits per heavy atom. The first kappa shape index (κ1) is 13.3. The van der Waals surface area contributed by atoms with E-state index in [1.54, 1.807) is 0 Å². The van der Waals surface area contributed by atoms with Crippen LogP contribution in [0.4, 0.5) is 0 Å². The molecular weight excluding hydrogens is 238 g/mol. The van der Waals surface area contributed by atoms with Crippen LogP contribution in [0, 0.1) is 0 Å². The standard InChI is InChI=1S/C16H17NO2/c18-12-16(19)17-15(14-9-5-2-6-10-14)11-13-7-3-1-4-8-13/h1-10,15,18H,11-12H2,(H,17,19). The fraction of sp³-hybridized carbons (Fsp3) is 0.188. The van der Waals surface area contributed by atoms with Gasteiger partial charge in [0.1, 0.15) is 6.61 Å². The quantitative estimate of drug-likeness (QED) is 0.859. The van der Waals surface area contributed by atoms with Gasteiger partial charge in [-0.15, -0.1) is 0 Å². The van der Waals surface area contributed by atoms with Gasteiger partial charge in [0.05, 0.1) is 6.04 Å². The summed E-state index contributed by atoms with van der Waals surface area (Å²) >= 11 is 0. The zero-order valence-electron chi connectivity index (χ0n) is 10.6. The van der Waals surface area contributed by atoms with Crippen molar-refractivity contribution < 1.29 is 9.90 Å². The van der Waals surface area contributed by atoms with E-state index in [1.807, 2.05) is 60.7 Å². The van der Waals surface area contributed by atoms with Crippen molar-refractivity contribution in [1.29, 1.82) is 0 Å². The van der Waals surface area contributed by atoms with E-state index < -0.39 is 6.61 Å². The van der Waals surface area contributed by atoms with Gasteiger partial charge in [-0.1, -0.05) is 60.7 Å². The Bertz CT molecular complexity index is 511. The minimum Gasteiger partial charge on any atom is -0.387 e. The van der Waals surface area contributed by atoms with Crippen LogP contribution in [-0.2, 0) is 11.2 Å². The molecule has 2 aromatic carbocycles. The molecule has 0 heterocycles. The molecule has 1 amide bonds. The van der Waals surface area contributed by atoms with Gasteiger partial charge in [-0.05, 0) is 17.5 Å². The summed E-state index contributed by atoms with van der Waals surface area (Å²) in [7, 11) is 0. The number of aliphatic hydroxyl groups is 1. The van der Waals surface area contributed by atoms with Gasteiger partial charge in [-0.2, -0.15) is 0 Å². The lowest BCUT2D eigenvalue weighted by molar-refractivity contribution is -0.124. The van der Waals surface area contributed by atoms with Gasteiger partial charge in [0.15, 0.2) is 0 Å². The molecule has 0 saturated carbocycles. The first-order valence-corrected chi connectivity index (χ1v) is 6.28. The molecule has 3 heteroatoms. The lowest BCUT2D eigenvalue weighted by Gasteiger charge is -2.19. The molecule has 0 aliphatic heterocycles. The van der Waals surface area contributed by atoms with Crippen LogP contribution in [0.25, 0.3) is 0 Å². The van der Waals surface area contributed by atoms with Crippen LogP contribution >= 0.6 is 0 Å². The summed E-state index contributed by atoms with van der Waals surface area (Å²) in [6.07, 6.45) is 0.705. The largest absolute Gasteiger partial charge is 0.387 e. The minimum absolute atomic E-state index is 0.122. The molecular formula is C16H17NO2.